The minimum absolute atomic E-state index is 0.299. The standard InChI is InChI=1S/C26H26N10O/c1-35-4-6-36(7-5-35)20-14-29-13-19-22(20)32-24(31-19)21-18-9-16(11-30-23(18)34-33-21)15-8-17(12-28-10-15)26(2-3-26)25(27)37/h8-14H,2-7H2,1H3,(H2,27,37)(H,31,32)(H,30,33,34). The van der Waals surface area contributed by atoms with E-state index in [2.05, 4.69) is 47.0 Å². The maximum absolute atomic E-state index is 12.0. The van der Waals surface area contributed by atoms with Crippen LogP contribution in [0, 0.1) is 0 Å². The number of primary amides is 1. The van der Waals surface area contributed by atoms with Gasteiger partial charge in [0, 0.05) is 55.9 Å². The summed E-state index contributed by atoms with van der Waals surface area (Å²) in [5.74, 6) is 0.379. The average molecular weight is 495 g/mol. The Balaban J connectivity index is 1.28. The van der Waals surface area contributed by atoms with Crippen molar-refractivity contribution < 1.29 is 4.79 Å². The van der Waals surface area contributed by atoms with Crippen molar-refractivity contribution in [1.29, 1.82) is 0 Å². The number of H-pyrrole nitrogens is 2. The predicted molar refractivity (Wildman–Crippen MR) is 140 cm³/mol. The Morgan fingerprint density at radius 3 is 2.57 bits per heavy atom. The number of carbonyl (C=O) groups excluding carboxylic acids is 1. The number of fused-ring (bicyclic) bond motifs is 2. The van der Waals surface area contributed by atoms with Gasteiger partial charge in [0.2, 0.25) is 5.91 Å². The van der Waals surface area contributed by atoms with E-state index in [1.165, 1.54) is 0 Å². The number of amides is 1. The van der Waals surface area contributed by atoms with Crippen LogP contribution >= 0.6 is 0 Å². The number of nitrogens with zero attached hydrogens (tertiary/aromatic N) is 7. The lowest BCUT2D eigenvalue weighted by Crippen LogP contribution is -2.44. The number of hydrogen-bond acceptors (Lipinski definition) is 8. The van der Waals surface area contributed by atoms with Gasteiger partial charge >= 0.3 is 0 Å². The van der Waals surface area contributed by atoms with E-state index in [9.17, 15) is 4.79 Å². The Kier molecular flexibility index (Phi) is 4.77. The molecule has 1 aliphatic carbocycles. The zero-order valence-corrected chi connectivity index (χ0v) is 20.4. The number of nitrogens with two attached hydrogens (primary N) is 1. The number of likely N-dealkylation sites (N-methyl/N-ethyl adjacent to an activating group) is 1. The largest absolute Gasteiger partial charge is 0.369 e. The molecule has 5 aromatic rings. The molecule has 7 rings (SSSR count). The van der Waals surface area contributed by atoms with Gasteiger partial charge in [0.25, 0.3) is 0 Å². The van der Waals surface area contributed by atoms with Gasteiger partial charge in [-0.3, -0.25) is 19.9 Å². The molecule has 37 heavy (non-hydrogen) atoms. The highest BCUT2D eigenvalue weighted by molar-refractivity contribution is 5.96. The van der Waals surface area contributed by atoms with Crippen LogP contribution in [0.25, 0.3) is 44.7 Å². The van der Waals surface area contributed by atoms with E-state index in [4.69, 9.17) is 10.7 Å². The van der Waals surface area contributed by atoms with Crippen molar-refractivity contribution in [3.63, 3.8) is 0 Å². The number of anilines is 1. The van der Waals surface area contributed by atoms with Crippen LogP contribution in [0.3, 0.4) is 0 Å². The van der Waals surface area contributed by atoms with Gasteiger partial charge in [0.15, 0.2) is 11.5 Å². The number of nitrogens with one attached hydrogen (secondary N) is 2. The number of pyridine rings is 3. The van der Waals surface area contributed by atoms with Crippen molar-refractivity contribution in [3.8, 4) is 22.6 Å². The first kappa shape index (κ1) is 21.9. The molecule has 2 aliphatic rings. The molecular formula is C26H26N10O. The summed E-state index contributed by atoms with van der Waals surface area (Å²) < 4.78 is 0. The molecule has 186 valence electrons. The molecule has 5 aromatic heterocycles. The molecule has 0 atom stereocenters. The van der Waals surface area contributed by atoms with Crippen molar-refractivity contribution in [2.45, 2.75) is 18.3 Å². The second-order valence-electron chi connectivity index (χ2n) is 10.0. The third kappa shape index (κ3) is 3.53. The van der Waals surface area contributed by atoms with E-state index < -0.39 is 5.41 Å². The number of imidazole rings is 1. The maximum atomic E-state index is 12.0. The molecule has 0 bridgehead atoms. The second kappa shape index (κ2) is 8.07. The Morgan fingerprint density at radius 2 is 1.78 bits per heavy atom. The van der Waals surface area contributed by atoms with Gasteiger partial charge in [-0.1, -0.05) is 0 Å². The van der Waals surface area contributed by atoms with Crippen LogP contribution in [0.4, 0.5) is 5.69 Å². The Hall–Kier alpha value is -4.38. The Labute approximate surface area is 212 Å². The SMILES string of the molecule is CN1CCN(c2cncc3[nH]c(-c4[nH]nc5ncc(-c6cncc(C7(C(N)=O)CC7)c6)cc45)nc23)CC1. The summed E-state index contributed by atoms with van der Waals surface area (Å²) in [6.07, 6.45) is 10.5. The Bertz CT molecular complexity index is 1660. The summed E-state index contributed by atoms with van der Waals surface area (Å²) in [7, 11) is 2.14. The zero-order valence-electron chi connectivity index (χ0n) is 20.4. The van der Waals surface area contributed by atoms with Gasteiger partial charge < -0.3 is 20.5 Å². The van der Waals surface area contributed by atoms with E-state index in [1.54, 1.807) is 24.8 Å². The molecule has 6 heterocycles. The lowest BCUT2D eigenvalue weighted by atomic mass is 9.94. The van der Waals surface area contributed by atoms with Gasteiger partial charge in [0.05, 0.1) is 34.4 Å². The van der Waals surface area contributed by atoms with Crippen LogP contribution in [0.2, 0.25) is 0 Å². The van der Waals surface area contributed by atoms with E-state index in [-0.39, 0.29) is 5.91 Å². The van der Waals surface area contributed by atoms with Gasteiger partial charge in [-0.25, -0.2) is 9.97 Å². The van der Waals surface area contributed by atoms with Gasteiger partial charge in [0.1, 0.15) is 11.2 Å². The third-order valence-electron chi connectivity index (χ3n) is 7.71. The quantitative estimate of drug-likeness (QED) is 0.337. The first-order chi connectivity index (χ1) is 18.0. The summed E-state index contributed by atoms with van der Waals surface area (Å²) in [5, 5.41) is 8.36. The summed E-state index contributed by atoms with van der Waals surface area (Å²) in [5.41, 5.74) is 11.8. The topological polar surface area (TPSA) is 146 Å². The molecule has 1 saturated heterocycles. The summed E-state index contributed by atoms with van der Waals surface area (Å²) in [6.45, 7) is 3.88. The lowest BCUT2D eigenvalue weighted by Gasteiger charge is -2.33. The van der Waals surface area contributed by atoms with Crippen molar-refractivity contribution >= 4 is 33.7 Å². The zero-order chi connectivity index (χ0) is 25.1. The van der Waals surface area contributed by atoms with Crippen molar-refractivity contribution in [1.82, 2.24) is 40.0 Å². The van der Waals surface area contributed by atoms with E-state index in [0.29, 0.717) is 11.5 Å². The van der Waals surface area contributed by atoms with Crippen LogP contribution in [0.15, 0.2) is 43.1 Å². The van der Waals surface area contributed by atoms with Crippen molar-refractivity contribution in [2.24, 2.45) is 5.73 Å². The van der Waals surface area contributed by atoms with E-state index in [1.807, 2.05) is 18.3 Å². The molecule has 11 nitrogen and oxygen atoms in total. The van der Waals surface area contributed by atoms with Crippen molar-refractivity contribution in [3.05, 3.63) is 48.7 Å². The molecule has 0 radical (unpaired) electrons. The Morgan fingerprint density at radius 1 is 1.00 bits per heavy atom. The minimum Gasteiger partial charge on any atom is -0.369 e. The second-order valence-corrected chi connectivity index (χ2v) is 10.0. The van der Waals surface area contributed by atoms with Crippen LogP contribution in [0.1, 0.15) is 18.4 Å². The molecule has 1 saturated carbocycles. The number of aromatic amines is 2. The highest BCUT2D eigenvalue weighted by Gasteiger charge is 2.50. The molecule has 4 N–H and O–H groups in total. The summed E-state index contributed by atoms with van der Waals surface area (Å²) in [6, 6.07) is 4.02. The molecule has 1 amide bonds. The molecule has 0 unspecified atom stereocenters. The fourth-order valence-corrected chi connectivity index (χ4v) is 5.22. The molecular weight excluding hydrogens is 468 g/mol. The van der Waals surface area contributed by atoms with Crippen LogP contribution in [-0.2, 0) is 10.2 Å². The average Bonchev–Trinajstić information content (AvgIpc) is 3.46. The number of carbonyl (C=O) groups is 1. The van der Waals surface area contributed by atoms with Crippen LogP contribution in [-0.4, -0.2) is 79.2 Å². The van der Waals surface area contributed by atoms with Crippen molar-refractivity contribution in [2.75, 3.05) is 38.1 Å². The number of piperazine rings is 1. The fraction of sp³-hybridized carbons (Fsp3) is 0.308. The first-order valence-electron chi connectivity index (χ1n) is 12.4. The normalized spacial score (nSPS) is 17.5. The monoisotopic (exact) mass is 494 g/mol. The van der Waals surface area contributed by atoms with Gasteiger partial charge in [-0.2, -0.15) is 5.10 Å². The molecule has 11 heteroatoms. The highest BCUT2D eigenvalue weighted by atomic mass is 16.1. The number of hydrogen-bond donors (Lipinski definition) is 3. The first-order valence-corrected chi connectivity index (χ1v) is 12.4. The molecule has 1 aliphatic heterocycles. The molecule has 0 aromatic carbocycles. The highest BCUT2D eigenvalue weighted by Crippen LogP contribution is 2.48. The number of aromatic nitrogens is 7. The van der Waals surface area contributed by atoms with Crippen LogP contribution in [0.5, 0.6) is 0 Å². The summed E-state index contributed by atoms with van der Waals surface area (Å²) >= 11 is 0. The third-order valence-corrected chi connectivity index (χ3v) is 7.71. The van der Waals surface area contributed by atoms with E-state index in [0.717, 1.165) is 83.5 Å². The number of rotatable bonds is 5. The van der Waals surface area contributed by atoms with E-state index >= 15 is 0 Å². The molecule has 0 spiro atoms. The summed E-state index contributed by atoms with van der Waals surface area (Å²) in [4.78, 5) is 38.5. The van der Waals surface area contributed by atoms with Gasteiger partial charge in [-0.15, -0.1) is 0 Å². The fourth-order valence-electron chi connectivity index (χ4n) is 5.22. The van der Waals surface area contributed by atoms with Crippen LogP contribution < -0.4 is 10.6 Å². The minimum atomic E-state index is -0.592. The maximum Gasteiger partial charge on any atom is 0.228 e. The lowest BCUT2D eigenvalue weighted by molar-refractivity contribution is -0.120. The van der Waals surface area contributed by atoms with Gasteiger partial charge in [-0.05, 0) is 37.6 Å². The molecule has 2 fully saturated rings. The predicted octanol–water partition coefficient (Wildman–Crippen LogP) is 2.23. The smallest absolute Gasteiger partial charge is 0.228 e.